The SMILES string of the molecule is O=C(COC(=O)c1cc(Cl)ccc1O)NC(=O)Nc1ccccc1F. The van der Waals surface area contributed by atoms with Gasteiger partial charge in [0.25, 0.3) is 5.91 Å². The first-order valence-electron chi connectivity index (χ1n) is 6.88. The summed E-state index contributed by atoms with van der Waals surface area (Å²) in [7, 11) is 0. The third-order valence-electron chi connectivity index (χ3n) is 2.89. The van der Waals surface area contributed by atoms with Crippen molar-refractivity contribution >= 4 is 35.2 Å². The predicted molar refractivity (Wildman–Crippen MR) is 87.0 cm³/mol. The van der Waals surface area contributed by atoms with E-state index in [0.717, 1.165) is 6.07 Å². The van der Waals surface area contributed by atoms with Crippen LogP contribution in [0.25, 0.3) is 0 Å². The largest absolute Gasteiger partial charge is 0.507 e. The molecule has 25 heavy (non-hydrogen) atoms. The fourth-order valence-electron chi connectivity index (χ4n) is 1.76. The van der Waals surface area contributed by atoms with Gasteiger partial charge in [-0.2, -0.15) is 0 Å². The summed E-state index contributed by atoms with van der Waals surface area (Å²) < 4.78 is 18.0. The number of esters is 1. The Morgan fingerprint density at radius 1 is 1.16 bits per heavy atom. The number of carbonyl (C=O) groups is 3. The first-order valence-corrected chi connectivity index (χ1v) is 7.25. The van der Waals surface area contributed by atoms with E-state index >= 15 is 0 Å². The zero-order valence-corrected chi connectivity index (χ0v) is 13.3. The number of benzene rings is 2. The van der Waals surface area contributed by atoms with Crippen LogP contribution >= 0.6 is 11.6 Å². The molecule has 0 saturated carbocycles. The normalized spacial score (nSPS) is 10.0. The summed E-state index contributed by atoms with van der Waals surface area (Å²) in [4.78, 5) is 34.9. The third-order valence-corrected chi connectivity index (χ3v) is 3.12. The number of hydrogen-bond donors (Lipinski definition) is 3. The minimum absolute atomic E-state index is 0.117. The molecule has 7 nitrogen and oxygen atoms in total. The highest BCUT2D eigenvalue weighted by Crippen LogP contribution is 2.22. The predicted octanol–water partition coefficient (Wildman–Crippen LogP) is 2.69. The number of phenols is 1. The van der Waals surface area contributed by atoms with Crippen LogP contribution in [0.15, 0.2) is 42.5 Å². The van der Waals surface area contributed by atoms with E-state index < -0.39 is 30.3 Å². The molecule has 2 aromatic rings. The number of para-hydroxylation sites is 1. The number of halogens is 2. The average molecular weight is 367 g/mol. The number of rotatable bonds is 4. The molecule has 0 unspecified atom stereocenters. The maximum atomic E-state index is 13.4. The van der Waals surface area contributed by atoms with Gasteiger partial charge in [0, 0.05) is 5.02 Å². The second-order valence-corrected chi connectivity index (χ2v) is 5.16. The van der Waals surface area contributed by atoms with Crippen LogP contribution in [0.5, 0.6) is 5.75 Å². The topological polar surface area (TPSA) is 105 Å². The monoisotopic (exact) mass is 366 g/mol. The minimum Gasteiger partial charge on any atom is -0.507 e. The summed E-state index contributed by atoms with van der Waals surface area (Å²) >= 11 is 5.70. The van der Waals surface area contributed by atoms with Crippen LogP contribution in [0.1, 0.15) is 10.4 Å². The molecule has 0 fully saturated rings. The second-order valence-electron chi connectivity index (χ2n) is 4.72. The van der Waals surface area contributed by atoms with Gasteiger partial charge >= 0.3 is 12.0 Å². The second kappa shape index (κ2) is 8.11. The summed E-state index contributed by atoms with van der Waals surface area (Å²) in [6.45, 7) is -0.782. The van der Waals surface area contributed by atoms with Crippen molar-refractivity contribution in [3.05, 3.63) is 58.9 Å². The van der Waals surface area contributed by atoms with Crippen LogP contribution in [0.2, 0.25) is 5.02 Å². The number of imide groups is 1. The van der Waals surface area contributed by atoms with Gasteiger partial charge < -0.3 is 15.2 Å². The number of amides is 3. The Morgan fingerprint density at radius 3 is 2.60 bits per heavy atom. The lowest BCUT2D eigenvalue weighted by Crippen LogP contribution is -2.37. The first kappa shape index (κ1) is 18.2. The lowest BCUT2D eigenvalue weighted by atomic mass is 10.2. The van der Waals surface area contributed by atoms with Crippen molar-refractivity contribution in [2.24, 2.45) is 0 Å². The zero-order chi connectivity index (χ0) is 18.4. The number of carbonyl (C=O) groups excluding carboxylic acids is 3. The lowest BCUT2D eigenvalue weighted by molar-refractivity contribution is -0.123. The summed E-state index contributed by atoms with van der Waals surface area (Å²) in [5, 5.41) is 13.7. The lowest BCUT2D eigenvalue weighted by Gasteiger charge is -2.08. The summed E-state index contributed by atoms with van der Waals surface area (Å²) in [5.41, 5.74) is -0.343. The minimum atomic E-state index is -0.996. The van der Waals surface area contributed by atoms with E-state index in [9.17, 15) is 23.9 Å². The molecule has 0 aliphatic rings. The number of anilines is 1. The average Bonchev–Trinajstić information content (AvgIpc) is 2.57. The molecule has 3 N–H and O–H groups in total. The quantitative estimate of drug-likeness (QED) is 0.721. The van der Waals surface area contributed by atoms with Crippen molar-refractivity contribution in [3.63, 3.8) is 0 Å². The van der Waals surface area contributed by atoms with Crippen LogP contribution in [0.4, 0.5) is 14.9 Å². The maximum Gasteiger partial charge on any atom is 0.342 e. The highest BCUT2D eigenvalue weighted by molar-refractivity contribution is 6.31. The van der Waals surface area contributed by atoms with Gasteiger partial charge in [0.2, 0.25) is 0 Å². The van der Waals surface area contributed by atoms with Crippen LogP contribution in [0, 0.1) is 5.82 Å². The zero-order valence-electron chi connectivity index (χ0n) is 12.6. The van der Waals surface area contributed by atoms with E-state index in [1.807, 2.05) is 5.32 Å². The van der Waals surface area contributed by atoms with E-state index in [1.165, 1.54) is 36.4 Å². The molecule has 0 atom stereocenters. The van der Waals surface area contributed by atoms with Gasteiger partial charge in [0.15, 0.2) is 6.61 Å². The smallest absolute Gasteiger partial charge is 0.342 e. The molecule has 0 radical (unpaired) electrons. The van der Waals surface area contributed by atoms with Gasteiger partial charge in [0.1, 0.15) is 17.1 Å². The fraction of sp³-hybridized carbons (Fsp3) is 0.0625. The number of urea groups is 1. The van der Waals surface area contributed by atoms with Crippen LogP contribution < -0.4 is 10.6 Å². The van der Waals surface area contributed by atoms with Gasteiger partial charge in [-0.1, -0.05) is 23.7 Å². The van der Waals surface area contributed by atoms with Gasteiger partial charge in [-0.15, -0.1) is 0 Å². The summed E-state index contributed by atoms with van der Waals surface area (Å²) in [6, 6.07) is 8.12. The highest BCUT2D eigenvalue weighted by Gasteiger charge is 2.16. The Bertz CT molecular complexity index is 828. The molecular formula is C16H12ClFN2O5. The number of aromatic hydroxyl groups is 1. The molecule has 2 rings (SSSR count). The first-order chi connectivity index (χ1) is 11.9. The van der Waals surface area contributed by atoms with Crippen molar-refractivity contribution in [1.82, 2.24) is 5.32 Å². The third kappa shape index (κ3) is 5.18. The Labute approximate surface area is 146 Å². The van der Waals surface area contributed by atoms with E-state index in [2.05, 4.69) is 10.1 Å². The standard InChI is InChI=1S/C16H12ClFN2O5/c17-9-5-6-13(21)10(7-9)15(23)25-8-14(22)20-16(24)19-12-4-2-1-3-11(12)18/h1-7,21H,8H2,(H2,19,20,22,24). The van der Waals surface area contributed by atoms with Crippen molar-refractivity contribution < 1.29 is 28.6 Å². The van der Waals surface area contributed by atoms with Gasteiger partial charge in [-0.05, 0) is 30.3 Å². The van der Waals surface area contributed by atoms with Crippen molar-refractivity contribution in [2.75, 3.05) is 11.9 Å². The molecule has 130 valence electrons. The van der Waals surface area contributed by atoms with Gasteiger partial charge in [0.05, 0.1) is 5.69 Å². The van der Waals surface area contributed by atoms with Crippen LogP contribution in [-0.4, -0.2) is 29.6 Å². The number of phenolic OH excluding ortho intramolecular Hbond substituents is 1. The molecule has 0 bridgehead atoms. The molecule has 9 heteroatoms. The number of hydrogen-bond acceptors (Lipinski definition) is 5. The summed E-state index contributed by atoms with van der Waals surface area (Å²) in [5.74, 6) is -2.98. The number of nitrogens with one attached hydrogen (secondary N) is 2. The van der Waals surface area contributed by atoms with Gasteiger partial charge in [-0.25, -0.2) is 14.0 Å². The molecule has 0 aromatic heterocycles. The summed E-state index contributed by atoms with van der Waals surface area (Å²) in [6.07, 6.45) is 0. The molecule has 0 heterocycles. The van der Waals surface area contributed by atoms with E-state index in [-0.39, 0.29) is 22.0 Å². The Balaban J connectivity index is 1.86. The van der Waals surface area contributed by atoms with Crippen LogP contribution in [-0.2, 0) is 9.53 Å². The molecule has 0 aliphatic heterocycles. The number of ether oxygens (including phenoxy) is 1. The van der Waals surface area contributed by atoms with E-state index in [0.29, 0.717) is 0 Å². The Morgan fingerprint density at radius 2 is 1.88 bits per heavy atom. The highest BCUT2D eigenvalue weighted by atomic mass is 35.5. The van der Waals surface area contributed by atoms with Crippen molar-refractivity contribution in [2.45, 2.75) is 0 Å². The van der Waals surface area contributed by atoms with Crippen LogP contribution in [0.3, 0.4) is 0 Å². The van der Waals surface area contributed by atoms with Crippen molar-refractivity contribution in [1.29, 1.82) is 0 Å². The van der Waals surface area contributed by atoms with E-state index in [4.69, 9.17) is 11.6 Å². The maximum absolute atomic E-state index is 13.4. The van der Waals surface area contributed by atoms with Gasteiger partial charge in [-0.3, -0.25) is 10.1 Å². The molecule has 0 spiro atoms. The Kier molecular flexibility index (Phi) is 5.91. The van der Waals surface area contributed by atoms with Crippen molar-refractivity contribution in [3.8, 4) is 5.75 Å². The fourth-order valence-corrected chi connectivity index (χ4v) is 1.93. The molecule has 0 aliphatic carbocycles. The molecular weight excluding hydrogens is 355 g/mol. The molecule has 3 amide bonds. The molecule has 2 aromatic carbocycles. The van der Waals surface area contributed by atoms with E-state index in [1.54, 1.807) is 0 Å². The Hall–Kier alpha value is -3.13. The molecule has 0 saturated heterocycles.